The largest absolute Gasteiger partial charge is 0.494 e. The van der Waals surface area contributed by atoms with Crippen LogP contribution in [-0.2, 0) is 19.1 Å². The molecule has 1 saturated heterocycles. The van der Waals surface area contributed by atoms with Gasteiger partial charge < -0.3 is 19.7 Å². The summed E-state index contributed by atoms with van der Waals surface area (Å²) in [6, 6.07) is 12.4. The average molecular weight is 427 g/mol. The van der Waals surface area contributed by atoms with Crippen LogP contribution in [0, 0.1) is 16.0 Å². The fourth-order valence-electron chi connectivity index (χ4n) is 3.14. The van der Waals surface area contributed by atoms with Gasteiger partial charge in [-0.2, -0.15) is 0 Å². The predicted molar refractivity (Wildman–Crippen MR) is 111 cm³/mol. The Bertz CT molecular complexity index is 991. The zero-order valence-electron chi connectivity index (χ0n) is 16.8. The van der Waals surface area contributed by atoms with Gasteiger partial charge in [0.15, 0.2) is 6.61 Å². The Hall–Kier alpha value is -3.95. The molecule has 1 aliphatic heterocycles. The third-order valence-corrected chi connectivity index (χ3v) is 4.61. The SMILES string of the molecule is CCOc1ccc(NC(=O)COC(=O)[C@H]2CC(=O)N(c3cccc([N+](=O)[O-])c3)C2)cc1. The van der Waals surface area contributed by atoms with Crippen molar-refractivity contribution in [3.05, 3.63) is 58.6 Å². The van der Waals surface area contributed by atoms with E-state index in [-0.39, 0.29) is 24.6 Å². The number of nitrogens with one attached hydrogen (secondary N) is 1. The minimum Gasteiger partial charge on any atom is -0.494 e. The fraction of sp³-hybridized carbons (Fsp3) is 0.286. The number of esters is 1. The van der Waals surface area contributed by atoms with Crippen molar-refractivity contribution in [2.24, 2.45) is 5.92 Å². The Kier molecular flexibility index (Phi) is 6.81. The van der Waals surface area contributed by atoms with Gasteiger partial charge in [0.2, 0.25) is 5.91 Å². The van der Waals surface area contributed by atoms with Crippen LogP contribution in [-0.4, -0.2) is 42.5 Å². The van der Waals surface area contributed by atoms with E-state index in [1.165, 1.54) is 23.1 Å². The lowest BCUT2D eigenvalue weighted by molar-refractivity contribution is -0.384. The van der Waals surface area contributed by atoms with Gasteiger partial charge in [-0.1, -0.05) is 6.07 Å². The maximum atomic E-state index is 12.3. The number of nitro groups is 1. The van der Waals surface area contributed by atoms with Gasteiger partial charge in [-0.3, -0.25) is 24.5 Å². The molecule has 0 saturated carbocycles. The highest BCUT2D eigenvalue weighted by Gasteiger charge is 2.36. The van der Waals surface area contributed by atoms with Crippen LogP contribution < -0.4 is 15.0 Å². The minimum atomic E-state index is -0.759. The highest BCUT2D eigenvalue weighted by atomic mass is 16.6. The van der Waals surface area contributed by atoms with E-state index in [1.807, 2.05) is 6.92 Å². The molecule has 10 nitrogen and oxygen atoms in total. The van der Waals surface area contributed by atoms with Crippen LogP contribution >= 0.6 is 0 Å². The standard InChI is InChI=1S/C21H21N3O7/c1-2-30-18-8-6-15(7-9-18)22-19(25)13-31-21(27)14-10-20(26)23(12-14)16-4-3-5-17(11-16)24(28)29/h3-9,11,14H,2,10,12-13H2,1H3,(H,22,25)/t14-/m0/s1. The molecule has 0 aliphatic carbocycles. The molecule has 2 aromatic carbocycles. The average Bonchev–Trinajstić information content (AvgIpc) is 3.15. The minimum absolute atomic E-state index is 0.0271. The molecule has 31 heavy (non-hydrogen) atoms. The normalized spacial score (nSPS) is 15.5. The van der Waals surface area contributed by atoms with Gasteiger partial charge in [-0.05, 0) is 37.3 Å². The van der Waals surface area contributed by atoms with Crippen molar-refractivity contribution in [2.75, 3.05) is 30.0 Å². The molecule has 1 N–H and O–H groups in total. The molecule has 2 amide bonds. The summed E-state index contributed by atoms with van der Waals surface area (Å²) in [5.74, 6) is -1.63. The number of hydrogen-bond donors (Lipinski definition) is 1. The van der Waals surface area contributed by atoms with E-state index in [0.717, 1.165) is 0 Å². The van der Waals surface area contributed by atoms with Crippen LogP contribution in [0.25, 0.3) is 0 Å². The molecule has 1 fully saturated rings. The molecule has 10 heteroatoms. The van der Waals surface area contributed by atoms with Gasteiger partial charge in [-0.25, -0.2) is 0 Å². The number of ether oxygens (including phenoxy) is 2. The second-order valence-electron chi connectivity index (χ2n) is 6.80. The van der Waals surface area contributed by atoms with E-state index < -0.39 is 29.3 Å². The van der Waals surface area contributed by atoms with Crippen LogP contribution in [0.2, 0.25) is 0 Å². The monoisotopic (exact) mass is 427 g/mol. The van der Waals surface area contributed by atoms with E-state index in [2.05, 4.69) is 5.32 Å². The summed E-state index contributed by atoms with van der Waals surface area (Å²) in [7, 11) is 0. The van der Waals surface area contributed by atoms with Crippen molar-refractivity contribution in [1.29, 1.82) is 0 Å². The van der Waals surface area contributed by atoms with Gasteiger partial charge in [0.25, 0.3) is 11.6 Å². The molecule has 162 valence electrons. The molecule has 0 spiro atoms. The van der Waals surface area contributed by atoms with E-state index in [4.69, 9.17) is 9.47 Å². The molecular weight excluding hydrogens is 406 g/mol. The van der Waals surface area contributed by atoms with Crippen LogP contribution in [0.15, 0.2) is 48.5 Å². The number of carbonyl (C=O) groups excluding carboxylic acids is 3. The number of nitro benzene ring substituents is 1. The summed E-state index contributed by atoms with van der Waals surface area (Å²) in [6.07, 6.45) is -0.0952. The number of amides is 2. The van der Waals surface area contributed by atoms with E-state index >= 15 is 0 Å². The molecule has 2 aromatic rings. The summed E-state index contributed by atoms with van der Waals surface area (Å²) in [6.45, 7) is 1.93. The summed E-state index contributed by atoms with van der Waals surface area (Å²) in [4.78, 5) is 48.3. The fourth-order valence-corrected chi connectivity index (χ4v) is 3.14. The Morgan fingerprint density at radius 2 is 1.97 bits per heavy atom. The first-order valence-corrected chi connectivity index (χ1v) is 9.61. The molecule has 3 rings (SSSR count). The second kappa shape index (κ2) is 9.70. The van der Waals surface area contributed by atoms with E-state index in [1.54, 1.807) is 30.3 Å². The highest BCUT2D eigenvalue weighted by molar-refractivity contribution is 6.00. The quantitative estimate of drug-likeness (QED) is 0.389. The molecular formula is C21H21N3O7. The molecule has 1 aliphatic rings. The van der Waals surface area contributed by atoms with Crippen molar-refractivity contribution in [3.63, 3.8) is 0 Å². The zero-order chi connectivity index (χ0) is 22.4. The third-order valence-electron chi connectivity index (χ3n) is 4.61. The van der Waals surface area contributed by atoms with Gasteiger partial charge in [-0.15, -0.1) is 0 Å². The van der Waals surface area contributed by atoms with E-state index in [0.29, 0.717) is 23.7 Å². The van der Waals surface area contributed by atoms with Crippen LogP contribution in [0.4, 0.5) is 17.1 Å². The van der Waals surface area contributed by atoms with Gasteiger partial charge >= 0.3 is 5.97 Å². The summed E-state index contributed by atoms with van der Waals surface area (Å²) in [5, 5.41) is 13.5. The maximum Gasteiger partial charge on any atom is 0.311 e. The van der Waals surface area contributed by atoms with Gasteiger partial charge in [0.05, 0.1) is 23.1 Å². The highest BCUT2D eigenvalue weighted by Crippen LogP contribution is 2.28. The molecule has 0 bridgehead atoms. The molecule has 0 radical (unpaired) electrons. The second-order valence-corrected chi connectivity index (χ2v) is 6.80. The summed E-state index contributed by atoms with van der Waals surface area (Å²) < 4.78 is 10.4. The number of benzene rings is 2. The van der Waals surface area contributed by atoms with Crippen molar-refractivity contribution in [3.8, 4) is 5.75 Å². The van der Waals surface area contributed by atoms with Crippen molar-refractivity contribution >= 4 is 34.8 Å². The number of nitrogens with zero attached hydrogens (tertiary/aromatic N) is 2. The van der Waals surface area contributed by atoms with E-state index in [9.17, 15) is 24.5 Å². The number of non-ortho nitro benzene ring substituents is 1. The smallest absolute Gasteiger partial charge is 0.311 e. The Labute approximate surface area is 177 Å². The number of anilines is 2. The first-order valence-electron chi connectivity index (χ1n) is 9.61. The molecule has 1 atom stereocenters. The molecule has 0 unspecified atom stereocenters. The summed E-state index contributed by atoms with van der Waals surface area (Å²) in [5.41, 5.74) is 0.711. The lowest BCUT2D eigenvalue weighted by Crippen LogP contribution is -2.28. The van der Waals surface area contributed by atoms with Crippen LogP contribution in [0.1, 0.15) is 13.3 Å². The summed E-state index contributed by atoms with van der Waals surface area (Å²) >= 11 is 0. The lowest BCUT2D eigenvalue weighted by Gasteiger charge is -2.16. The third kappa shape index (κ3) is 5.56. The van der Waals surface area contributed by atoms with Crippen molar-refractivity contribution < 1.29 is 28.8 Å². The Morgan fingerprint density at radius 3 is 2.65 bits per heavy atom. The van der Waals surface area contributed by atoms with Gasteiger partial charge in [0.1, 0.15) is 5.75 Å². The van der Waals surface area contributed by atoms with Crippen molar-refractivity contribution in [1.82, 2.24) is 0 Å². The zero-order valence-corrected chi connectivity index (χ0v) is 16.8. The Morgan fingerprint density at radius 1 is 1.23 bits per heavy atom. The van der Waals surface area contributed by atoms with Crippen LogP contribution in [0.3, 0.4) is 0 Å². The number of hydrogen-bond acceptors (Lipinski definition) is 7. The van der Waals surface area contributed by atoms with Crippen LogP contribution in [0.5, 0.6) is 5.75 Å². The first-order chi connectivity index (χ1) is 14.9. The maximum absolute atomic E-state index is 12.3. The lowest BCUT2D eigenvalue weighted by atomic mass is 10.1. The molecule has 0 aromatic heterocycles. The Balaban J connectivity index is 1.51. The molecule has 1 heterocycles. The van der Waals surface area contributed by atoms with Crippen molar-refractivity contribution in [2.45, 2.75) is 13.3 Å². The first kappa shape index (κ1) is 21.8. The topological polar surface area (TPSA) is 128 Å². The number of rotatable bonds is 8. The number of carbonyl (C=O) groups is 3. The van der Waals surface area contributed by atoms with Gasteiger partial charge in [0, 0.05) is 30.8 Å². The predicted octanol–water partition coefficient (Wildman–Crippen LogP) is 2.53.